The van der Waals surface area contributed by atoms with Crippen molar-refractivity contribution in [3.63, 3.8) is 0 Å². The molecule has 3 amide bonds. The van der Waals surface area contributed by atoms with Crippen LogP contribution in [0.1, 0.15) is 71.1 Å². The summed E-state index contributed by atoms with van der Waals surface area (Å²) >= 11 is 0. The molecule has 1 rings (SSSR count). The van der Waals surface area contributed by atoms with E-state index in [1.807, 2.05) is 0 Å². The van der Waals surface area contributed by atoms with Gasteiger partial charge in [0.05, 0.1) is 6.61 Å². The lowest BCUT2D eigenvalue weighted by Crippen LogP contribution is -2.36. The van der Waals surface area contributed by atoms with Gasteiger partial charge in [0.15, 0.2) is 0 Å². The summed E-state index contributed by atoms with van der Waals surface area (Å²) in [5, 5.41) is 0. The fourth-order valence-electron chi connectivity index (χ4n) is 2.39. The van der Waals surface area contributed by atoms with E-state index >= 15 is 0 Å². The van der Waals surface area contributed by atoms with E-state index in [-0.39, 0.29) is 6.61 Å². The van der Waals surface area contributed by atoms with Gasteiger partial charge in [0.2, 0.25) is 0 Å². The van der Waals surface area contributed by atoms with Crippen molar-refractivity contribution in [2.24, 2.45) is 0 Å². The zero-order valence-electron chi connectivity index (χ0n) is 13.5. The standard InChI is InChI=1S/C17H27NO4/c1-2-3-4-5-6-7-8-9-10-11-14-22-17(21)18-15(19)12-13-16(18)20/h12-13H,2-11,14H2,1H3. The second-order valence-corrected chi connectivity index (χ2v) is 5.64. The van der Waals surface area contributed by atoms with Crippen LogP contribution in [0.2, 0.25) is 0 Å². The van der Waals surface area contributed by atoms with Crippen molar-refractivity contribution in [3.8, 4) is 0 Å². The number of ether oxygens (including phenoxy) is 1. The first-order valence-corrected chi connectivity index (χ1v) is 8.39. The quantitative estimate of drug-likeness (QED) is 0.428. The largest absolute Gasteiger partial charge is 0.449 e. The molecule has 5 nitrogen and oxygen atoms in total. The van der Waals surface area contributed by atoms with Gasteiger partial charge >= 0.3 is 6.09 Å². The van der Waals surface area contributed by atoms with Crippen LogP contribution in [0, 0.1) is 0 Å². The molecule has 0 fully saturated rings. The molecule has 0 unspecified atom stereocenters. The molecule has 1 aliphatic heterocycles. The summed E-state index contributed by atoms with van der Waals surface area (Å²) in [6.45, 7) is 2.48. The van der Waals surface area contributed by atoms with Crippen LogP contribution in [-0.4, -0.2) is 29.4 Å². The Labute approximate surface area is 132 Å². The molecule has 0 radical (unpaired) electrons. The van der Waals surface area contributed by atoms with E-state index in [0.29, 0.717) is 4.90 Å². The minimum Gasteiger partial charge on any atom is -0.449 e. The van der Waals surface area contributed by atoms with E-state index < -0.39 is 17.9 Å². The SMILES string of the molecule is CCCCCCCCCCCCOC(=O)N1C(=O)C=CC1=O. The number of unbranched alkanes of at least 4 members (excludes halogenated alkanes) is 9. The second-order valence-electron chi connectivity index (χ2n) is 5.64. The van der Waals surface area contributed by atoms with Gasteiger partial charge in [-0.1, -0.05) is 64.7 Å². The van der Waals surface area contributed by atoms with Gasteiger partial charge in [0.1, 0.15) is 0 Å². The van der Waals surface area contributed by atoms with E-state index in [1.165, 1.54) is 44.9 Å². The number of carbonyl (C=O) groups is 3. The monoisotopic (exact) mass is 309 g/mol. The topological polar surface area (TPSA) is 63.7 Å². The molecule has 0 bridgehead atoms. The van der Waals surface area contributed by atoms with Crippen molar-refractivity contribution in [1.29, 1.82) is 0 Å². The van der Waals surface area contributed by atoms with Crippen LogP contribution < -0.4 is 0 Å². The maximum atomic E-state index is 11.5. The summed E-state index contributed by atoms with van der Waals surface area (Å²) in [6.07, 6.45) is 13.3. The molecule has 0 aromatic heterocycles. The Kier molecular flexibility index (Phi) is 9.19. The normalized spacial score (nSPS) is 14.0. The Morgan fingerprint density at radius 1 is 0.864 bits per heavy atom. The number of hydrogen-bond acceptors (Lipinski definition) is 4. The Morgan fingerprint density at radius 3 is 1.82 bits per heavy atom. The van der Waals surface area contributed by atoms with Gasteiger partial charge < -0.3 is 4.74 Å². The van der Waals surface area contributed by atoms with Gasteiger partial charge in [-0.3, -0.25) is 9.59 Å². The van der Waals surface area contributed by atoms with E-state index in [4.69, 9.17) is 4.74 Å². The number of nitrogens with zero attached hydrogens (tertiary/aromatic N) is 1. The molecule has 0 spiro atoms. The van der Waals surface area contributed by atoms with Gasteiger partial charge in [-0.25, -0.2) is 4.79 Å². The van der Waals surface area contributed by atoms with Crippen LogP contribution in [0.25, 0.3) is 0 Å². The molecular weight excluding hydrogens is 282 g/mol. The lowest BCUT2D eigenvalue weighted by atomic mass is 10.1. The van der Waals surface area contributed by atoms with E-state index in [1.54, 1.807) is 0 Å². The Morgan fingerprint density at radius 2 is 1.32 bits per heavy atom. The highest BCUT2D eigenvalue weighted by Gasteiger charge is 2.31. The Bertz CT molecular complexity index is 385. The van der Waals surface area contributed by atoms with Gasteiger partial charge in [-0.2, -0.15) is 4.90 Å². The highest BCUT2D eigenvalue weighted by atomic mass is 16.6. The molecule has 124 valence electrons. The summed E-state index contributed by atoms with van der Waals surface area (Å²) in [5.41, 5.74) is 0. The van der Waals surface area contributed by atoms with E-state index in [9.17, 15) is 14.4 Å². The van der Waals surface area contributed by atoms with Crippen molar-refractivity contribution in [2.75, 3.05) is 6.61 Å². The maximum absolute atomic E-state index is 11.5. The smallest absolute Gasteiger partial charge is 0.424 e. The second kappa shape index (κ2) is 11.0. The Balaban J connectivity index is 1.92. The average Bonchev–Trinajstić information content (AvgIpc) is 2.83. The molecule has 0 N–H and O–H groups in total. The summed E-state index contributed by atoms with van der Waals surface area (Å²) in [5.74, 6) is -1.25. The predicted octanol–water partition coefficient (Wildman–Crippen LogP) is 3.97. The zero-order valence-corrected chi connectivity index (χ0v) is 13.5. The molecule has 0 aromatic rings. The van der Waals surface area contributed by atoms with Crippen LogP contribution in [0.5, 0.6) is 0 Å². The number of rotatable bonds is 11. The lowest BCUT2D eigenvalue weighted by molar-refractivity contribution is -0.134. The fourth-order valence-corrected chi connectivity index (χ4v) is 2.39. The first-order chi connectivity index (χ1) is 10.7. The van der Waals surface area contributed by atoms with Crippen molar-refractivity contribution in [3.05, 3.63) is 12.2 Å². The van der Waals surface area contributed by atoms with Gasteiger partial charge in [0.25, 0.3) is 11.8 Å². The summed E-state index contributed by atoms with van der Waals surface area (Å²) in [7, 11) is 0. The van der Waals surface area contributed by atoms with Crippen LogP contribution in [0.4, 0.5) is 4.79 Å². The third-order valence-corrected chi connectivity index (χ3v) is 3.72. The minimum absolute atomic E-state index is 0.256. The molecule has 1 aliphatic rings. The van der Waals surface area contributed by atoms with Crippen LogP contribution in [0.15, 0.2) is 12.2 Å². The van der Waals surface area contributed by atoms with Crippen LogP contribution in [-0.2, 0) is 14.3 Å². The molecule has 0 atom stereocenters. The number of hydrogen-bond donors (Lipinski definition) is 0. The third kappa shape index (κ3) is 6.87. The fraction of sp³-hybridized carbons (Fsp3) is 0.706. The summed E-state index contributed by atoms with van der Waals surface area (Å²) < 4.78 is 4.94. The molecule has 0 aliphatic carbocycles. The average molecular weight is 309 g/mol. The first-order valence-electron chi connectivity index (χ1n) is 8.39. The minimum atomic E-state index is -0.865. The predicted molar refractivity (Wildman–Crippen MR) is 84.2 cm³/mol. The summed E-state index contributed by atoms with van der Waals surface area (Å²) in [6, 6.07) is 0. The number of amides is 3. The van der Waals surface area contributed by atoms with Gasteiger partial charge in [0, 0.05) is 12.2 Å². The number of imide groups is 3. The number of carbonyl (C=O) groups excluding carboxylic acids is 3. The van der Waals surface area contributed by atoms with Gasteiger partial charge in [-0.15, -0.1) is 0 Å². The van der Waals surface area contributed by atoms with Crippen molar-refractivity contribution in [1.82, 2.24) is 4.90 Å². The Hall–Kier alpha value is -1.65. The molecule has 0 aromatic carbocycles. The van der Waals surface area contributed by atoms with Crippen LogP contribution >= 0.6 is 0 Å². The first kappa shape index (κ1) is 18.4. The third-order valence-electron chi connectivity index (χ3n) is 3.72. The lowest BCUT2D eigenvalue weighted by Gasteiger charge is -2.11. The molecule has 0 saturated heterocycles. The van der Waals surface area contributed by atoms with Crippen molar-refractivity contribution >= 4 is 17.9 Å². The van der Waals surface area contributed by atoms with E-state index in [2.05, 4.69) is 6.92 Å². The highest BCUT2D eigenvalue weighted by Crippen LogP contribution is 2.11. The molecule has 22 heavy (non-hydrogen) atoms. The highest BCUT2D eigenvalue weighted by molar-refractivity contribution is 6.21. The molecule has 5 heteroatoms. The van der Waals surface area contributed by atoms with Crippen molar-refractivity contribution in [2.45, 2.75) is 71.1 Å². The molecule has 0 saturated carbocycles. The van der Waals surface area contributed by atoms with Crippen LogP contribution in [0.3, 0.4) is 0 Å². The summed E-state index contributed by atoms with van der Waals surface area (Å²) in [4.78, 5) is 34.6. The van der Waals surface area contributed by atoms with Crippen molar-refractivity contribution < 1.29 is 19.1 Å². The van der Waals surface area contributed by atoms with Gasteiger partial charge in [-0.05, 0) is 6.42 Å². The molecule has 1 heterocycles. The molecular formula is C17H27NO4. The zero-order chi connectivity index (χ0) is 16.2. The maximum Gasteiger partial charge on any atom is 0.424 e. The van der Waals surface area contributed by atoms with E-state index in [0.717, 1.165) is 31.4 Å².